The van der Waals surface area contributed by atoms with Crippen LogP contribution in [0.5, 0.6) is 0 Å². The zero-order chi connectivity index (χ0) is 19.0. The number of carbonyl (C=O) groups excluding carboxylic acids is 1. The lowest BCUT2D eigenvalue weighted by Crippen LogP contribution is -2.49. The molecule has 0 radical (unpaired) electrons. The molecular weight excluding hydrogens is 406 g/mol. The Hall–Kier alpha value is -1.74. The Morgan fingerprint density at radius 2 is 2.04 bits per heavy atom. The molecule has 28 heavy (non-hydrogen) atoms. The standard InChI is InChI=1S/C18H22ClFN6O.ClH/c1-12-17(22-23-26(12)13-2-3-16(20)15(19)10-13)18(27)25-7-4-14(11-25)24-8-5-21-6-9-24;/h2-3,10,14,21H,4-9,11H2,1H3;1H. The van der Waals surface area contributed by atoms with E-state index in [1.54, 1.807) is 13.0 Å². The Balaban J connectivity index is 0.00000225. The summed E-state index contributed by atoms with van der Waals surface area (Å²) in [4.78, 5) is 17.3. The fourth-order valence-electron chi connectivity index (χ4n) is 3.81. The zero-order valence-corrected chi connectivity index (χ0v) is 17.1. The van der Waals surface area contributed by atoms with Crippen LogP contribution in [0.3, 0.4) is 0 Å². The molecule has 1 aromatic carbocycles. The van der Waals surface area contributed by atoms with E-state index in [-0.39, 0.29) is 23.3 Å². The van der Waals surface area contributed by atoms with Crippen molar-refractivity contribution in [2.24, 2.45) is 0 Å². The molecule has 2 aliphatic heterocycles. The van der Waals surface area contributed by atoms with E-state index in [4.69, 9.17) is 11.6 Å². The number of hydrogen-bond donors (Lipinski definition) is 1. The molecular formula is C18H23Cl2FN6O. The second-order valence-electron chi connectivity index (χ2n) is 7.01. The molecule has 2 saturated heterocycles. The maximum absolute atomic E-state index is 13.4. The van der Waals surface area contributed by atoms with E-state index in [1.807, 2.05) is 4.90 Å². The van der Waals surface area contributed by atoms with E-state index in [1.165, 1.54) is 16.8 Å². The molecule has 0 aliphatic carbocycles. The second-order valence-corrected chi connectivity index (χ2v) is 7.42. The first kappa shape index (κ1) is 21.0. The third-order valence-corrected chi connectivity index (χ3v) is 5.65. The number of piperazine rings is 1. The molecule has 1 atom stereocenters. The van der Waals surface area contributed by atoms with Crippen LogP contribution >= 0.6 is 24.0 Å². The molecule has 2 fully saturated rings. The van der Waals surface area contributed by atoms with Crippen LogP contribution in [0.1, 0.15) is 22.6 Å². The van der Waals surface area contributed by atoms with Crippen LogP contribution in [0.25, 0.3) is 5.69 Å². The maximum Gasteiger partial charge on any atom is 0.276 e. The van der Waals surface area contributed by atoms with E-state index in [9.17, 15) is 9.18 Å². The summed E-state index contributed by atoms with van der Waals surface area (Å²) in [6.45, 7) is 7.26. The summed E-state index contributed by atoms with van der Waals surface area (Å²) in [6, 6.07) is 4.72. The van der Waals surface area contributed by atoms with Crippen molar-refractivity contribution in [3.8, 4) is 5.69 Å². The monoisotopic (exact) mass is 428 g/mol. The topological polar surface area (TPSA) is 66.3 Å². The minimum Gasteiger partial charge on any atom is -0.336 e. The van der Waals surface area contributed by atoms with Crippen molar-refractivity contribution in [1.29, 1.82) is 0 Å². The fraction of sp³-hybridized carbons (Fsp3) is 0.500. The lowest BCUT2D eigenvalue weighted by atomic mass is 10.2. The molecule has 10 heteroatoms. The number of likely N-dealkylation sites (tertiary alicyclic amines) is 1. The van der Waals surface area contributed by atoms with Gasteiger partial charge in [0.25, 0.3) is 5.91 Å². The van der Waals surface area contributed by atoms with E-state index >= 15 is 0 Å². The van der Waals surface area contributed by atoms with Crippen LogP contribution in [0.2, 0.25) is 5.02 Å². The largest absolute Gasteiger partial charge is 0.336 e. The number of rotatable bonds is 3. The number of nitrogens with one attached hydrogen (secondary N) is 1. The lowest BCUT2D eigenvalue weighted by molar-refractivity contribution is 0.0767. The Kier molecular flexibility index (Phi) is 6.54. The fourth-order valence-corrected chi connectivity index (χ4v) is 3.98. The number of carbonyl (C=O) groups is 1. The summed E-state index contributed by atoms with van der Waals surface area (Å²) in [5.41, 5.74) is 1.52. The minimum absolute atomic E-state index is 0. The first-order chi connectivity index (χ1) is 13.0. The van der Waals surface area contributed by atoms with Gasteiger partial charge in [0.2, 0.25) is 0 Å². The van der Waals surface area contributed by atoms with Crippen LogP contribution < -0.4 is 5.32 Å². The third-order valence-electron chi connectivity index (χ3n) is 5.36. The van der Waals surface area contributed by atoms with Gasteiger partial charge in [0.15, 0.2) is 5.69 Å². The highest BCUT2D eigenvalue weighted by Crippen LogP contribution is 2.22. The van der Waals surface area contributed by atoms with E-state index < -0.39 is 5.82 Å². The molecule has 1 aromatic heterocycles. The highest BCUT2D eigenvalue weighted by Gasteiger charge is 2.33. The highest BCUT2D eigenvalue weighted by molar-refractivity contribution is 6.30. The molecule has 152 valence electrons. The number of amides is 1. The Morgan fingerprint density at radius 3 is 2.75 bits per heavy atom. The van der Waals surface area contributed by atoms with Gasteiger partial charge in [-0.05, 0) is 31.5 Å². The molecule has 4 rings (SSSR count). The quantitative estimate of drug-likeness (QED) is 0.808. The normalized spacial score (nSPS) is 20.2. The molecule has 0 spiro atoms. The predicted molar refractivity (Wildman–Crippen MR) is 107 cm³/mol. The highest BCUT2D eigenvalue weighted by atomic mass is 35.5. The second kappa shape index (κ2) is 8.73. The molecule has 1 N–H and O–H groups in total. The van der Waals surface area contributed by atoms with Crippen molar-refractivity contribution in [2.75, 3.05) is 39.3 Å². The number of halogens is 3. The van der Waals surface area contributed by atoms with Gasteiger partial charge in [-0.1, -0.05) is 16.8 Å². The predicted octanol–water partition coefficient (Wildman–Crippen LogP) is 1.91. The van der Waals surface area contributed by atoms with Crippen LogP contribution in [0, 0.1) is 12.7 Å². The van der Waals surface area contributed by atoms with Gasteiger partial charge >= 0.3 is 0 Å². The van der Waals surface area contributed by atoms with Crippen LogP contribution in [-0.4, -0.2) is 76.0 Å². The summed E-state index contributed by atoms with van der Waals surface area (Å²) < 4.78 is 14.9. The zero-order valence-electron chi connectivity index (χ0n) is 15.6. The molecule has 0 bridgehead atoms. The van der Waals surface area contributed by atoms with Gasteiger partial charge in [-0.25, -0.2) is 9.07 Å². The Morgan fingerprint density at radius 1 is 1.29 bits per heavy atom. The number of aromatic nitrogens is 3. The Labute approximate surface area is 174 Å². The van der Waals surface area contributed by atoms with Gasteiger partial charge in [-0.3, -0.25) is 9.69 Å². The van der Waals surface area contributed by atoms with Gasteiger partial charge in [-0.2, -0.15) is 0 Å². The molecule has 1 unspecified atom stereocenters. The average Bonchev–Trinajstić information content (AvgIpc) is 3.32. The van der Waals surface area contributed by atoms with Gasteiger partial charge < -0.3 is 10.2 Å². The number of nitrogens with zero attached hydrogens (tertiary/aromatic N) is 5. The SMILES string of the molecule is Cc1c(C(=O)N2CCC(N3CCNCC3)C2)nnn1-c1ccc(F)c(Cl)c1.Cl. The van der Waals surface area contributed by atoms with Crippen molar-refractivity contribution >= 4 is 29.9 Å². The minimum atomic E-state index is -0.495. The third kappa shape index (κ3) is 4.00. The Bertz CT molecular complexity index is 855. The van der Waals surface area contributed by atoms with Crippen molar-refractivity contribution in [1.82, 2.24) is 30.1 Å². The van der Waals surface area contributed by atoms with Crippen molar-refractivity contribution < 1.29 is 9.18 Å². The van der Waals surface area contributed by atoms with E-state index in [0.717, 1.165) is 39.1 Å². The molecule has 2 aromatic rings. The van der Waals surface area contributed by atoms with Gasteiger partial charge in [0.1, 0.15) is 5.82 Å². The van der Waals surface area contributed by atoms with Crippen molar-refractivity contribution in [3.05, 3.63) is 40.4 Å². The smallest absolute Gasteiger partial charge is 0.276 e. The first-order valence-corrected chi connectivity index (χ1v) is 9.54. The summed E-state index contributed by atoms with van der Waals surface area (Å²) >= 11 is 5.86. The van der Waals surface area contributed by atoms with Crippen molar-refractivity contribution in [3.63, 3.8) is 0 Å². The van der Waals surface area contributed by atoms with E-state index in [2.05, 4.69) is 20.5 Å². The first-order valence-electron chi connectivity index (χ1n) is 9.16. The number of hydrogen-bond acceptors (Lipinski definition) is 5. The van der Waals surface area contributed by atoms with Gasteiger partial charge in [-0.15, -0.1) is 17.5 Å². The summed E-state index contributed by atoms with van der Waals surface area (Å²) in [5.74, 6) is -0.602. The van der Waals surface area contributed by atoms with Crippen LogP contribution in [0.4, 0.5) is 4.39 Å². The maximum atomic E-state index is 13.4. The molecule has 0 saturated carbocycles. The van der Waals surface area contributed by atoms with Crippen LogP contribution in [0.15, 0.2) is 18.2 Å². The molecule has 1 amide bonds. The molecule has 2 aliphatic rings. The van der Waals surface area contributed by atoms with E-state index in [0.29, 0.717) is 29.7 Å². The number of benzene rings is 1. The average molecular weight is 429 g/mol. The summed E-state index contributed by atoms with van der Waals surface area (Å²) in [7, 11) is 0. The van der Waals surface area contributed by atoms with Crippen LogP contribution in [-0.2, 0) is 0 Å². The molecule has 3 heterocycles. The lowest BCUT2D eigenvalue weighted by Gasteiger charge is -2.32. The summed E-state index contributed by atoms with van der Waals surface area (Å²) in [6.07, 6.45) is 0.979. The van der Waals surface area contributed by atoms with Crippen molar-refractivity contribution in [2.45, 2.75) is 19.4 Å². The van der Waals surface area contributed by atoms with Gasteiger partial charge in [0, 0.05) is 45.3 Å². The van der Waals surface area contributed by atoms with Gasteiger partial charge in [0.05, 0.1) is 16.4 Å². The summed E-state index contributed by atoms with van der Waals surface area (Å²) in [5, 5.41) is 11.5. The molecule has 7 nitrogen and oxygen atoms in total.